The predicted molar refractivity (Wildman–Crippen MR) is 65.4 cm³/mol. The standard InChI is InChI=1S/C13H17NO7/c1-6(15)17-8(5-14)9-10(18-7(2)16)11-12(19-9)21-13(3,4)20-11/h8-12H,1-4H3/t8?,9-,10+,11-,12-/m0/s1. The van der Waals surface area contributed by atoms with Crippen molar-refractivity contribution in [3.63, 3.8) is 0 Å². The van der Waals surface area contributed by atoms with Crippen LogP contribution >= 0.6 is 0 Å². The molecule has 5 atom stereocenters. The second kappa shape index (κ2) is 5.60. The zero-order chi connectivity index (χ0) is 15.8. The fourth-order valence-electron chi connectivity index (χ4n) is 2.42. The average Bonchev–Trinajstić information content (AvgIpc) is 2.79. The lowest BCUT2D eigenvalue weighted by molar-refractivity contribution is -0.228. The lowest BCUT2D eigenvalue weighted by Gasteiger charge is -2.27. The third-order valence-electron chi connectivity index (χ3n) is 3.05. The van der Waals surface area contributed by atoms with Crippen molar-refractivity contribution < 1.29 is 33.3 Å². The Hall–Kier alpha value is -1.69. The topological polar surface area (TPSA) is 104 Å². The summed E-state index contributed by atoms with van der Waals surface area (Å²) in [5, 5.41) is 9.12. The van der Waals surface area contributed by atoms with Crippen molar-refractivity contribution in [2.45, 2.75) is 64.2 Å². The zero-order valence-electron chi connectivity index (χ0n) is 12.2. The second-order valence-electron chi connectivity index (χ2n) is 5.30. The number of hydrogen-bond acceptors (Lipinski definition) is 8. The second-order valence-corrected chi connectivity index (χ2v) is 5.30. The monoisotopic (exact) mass is 299 g/mol. The van der Waals surface area contributed by atoms with Crippen LogP contribution in [0.15, 0.2) is 0 Å². The predicted octanol–water partition coefficient (Wildman–Crippen LogP) is 0.250. The highest BCUT2D eigenvalue weighted by Gasteiger charge is 2.59. The average molecular weight is 299 g/mol. The van der Waals surface area contributed by atoms with Crippen molar-refractivity contribution in [2.24, 2.45) is 0 Å². The molecule has 0 amide bonds. The zero-order valence-corrected chi connectivity index (χ0v) is 12.2. The van der Waals surface area contributed by atoms with Crippen molar-refractivity contribution in [3.8, 4) is 6.07 Å². The number of carbonyl (C=O) groups is 2. The van der Waals surface area contributed by atoms with Crippen LogP contribution in [-0.4, -0.2) is 48.4 Å². The molecule has 116 valence electrons. The van der Waals surface area contributed by atoms with E-state index in [0.717, 1.165) is 0 Å². The van der Waals surface area contributed by atoms with Crippen LogP contribution in [0.25, 0.3) is 0 Å². The summed E-state index contributed by atoms with van der Waals surface area (Å²) in [5.41, 5.74) is 0. The molecule has 0 aromatic heterocycles. The third-order valence-corrected chi connectivity index (χ3v) is 3.05. The molecule has 0 aromatic carbocycles. The maximum Gasteiger partial charge on any atom is 0.304 e. The molecular formula is C13H17NO7. The first-order valence-electron chi connectivity index (χ1n) is 6.48. The van der Waals surface area contributed by atoms with E-state index < -0.39 is 48.4 Å². The quantitative estimate of drug-likeness (QED) is 0.683. The normalized spacial score (nSPS) is 34.6. The van der Waals surface area contributed by atoms with E-state index in [2.05, 4.69) is 0 Å². The fraction of sp³-hybridized carbons (Fsp3) is 0.769. The molecule has 2 aliphatic heterocycles. The van der Waals surface area contributed by atoms with E-state index in [4.69, 9.17) is 28.9 Å². The summed E-state index contributed by atoms with van der Waals surface area (Å²) in [5.74, 6) is -2.07. The molecule has 0 bridgehead atoms. The lowest BCUT2D eigenvalue weighted by Crippen LogP contribution is -2.44. The van der Waals surface area contributed by atoms with E-state index in [9.17, 15) is 9.59 Å². The van der Waals surface area contributed by atoms with E-state index >= 15 is 0 Å². The number of hydrogen-bond donors (Lipinski definition) is 0. The highest BCUT2D eigenvalue weighted by Crippen LogP contribution is 2.40. The number of esters is 2. The van der Waals surface area contributed by atoms with Gasteiger partial charge in [0.25, 0.3) is 0 Å². The van der Waals surface area contributed by atoms with Crippen LogP contribution in [0.4, 0.5) is 0 Å². The Morgan fingerprint density at radius 3 is 2.43 bits per heavy atom. The molecule has 8 heteroatoms. The van der Waals surface area contributed by atoms with Gasteiger partial charge in [-0.05, 0) is 13.8 Å². The van der Waals surface area contributed by atoms with Gasteiger partial charge in [-0.2, -0.15) is 5.26 Å². The highest BCUT2D eigenvalue weighted by molar-refractivity contribution is 5.67. The van der Waals surface area contributed by atoms with Gasteiger partial charge in [-0.1, -0.05) is 0 Å². The maximum atomic E-state index is 11.3. The Labute approximate surface area is 121 Å². The van der Waals surface area contributed by atoms with Gasteiger partial charge in [-0.25, -0.2) is 0 Å². The minimum Gasteiger partial charge on any atom is -0.457 e. The Morgan fingerprint density at radius 1 is 1.24 bits per heavy atom. The van der Waals surface area contributed by atoms with Crippen LogP contribution in [0.1, 0.15) is 27.7 Å². The molecular weight excluding hydrogens is 282 g/mol. The summed E-state index contributed by atoms with van der Waals surface area (Å²) in [7, 11) is 0. The number of fused-ring (bicyclic) bond motifs is 1. The Kier molecular flexibility index (Phi) is 4.18. The summed E-state index contributed by atoms with van der Waals surface area (Å²) in [6.07, 6.45) is -4.54. The van der Waals surface area contributed by atoms with Gasteiger partial charge in [0.2, 0.25) is 6.10 Å². The molecule has 0 spiro atoms. The minimum absolute atomic E-state index is 0.554. The van der Waals surface area contributed by atoms with Gasteiger partial charge in [0.05, 0.1) is 0 Å². The van der Waals surface area contributed by atoms with Crippen molar-refractivity contribution in [1.82, 2.24) is 0 Å². The molecule has 2 heterocycles. The number of nitrogens with zero attached hydrogens (tertiary/aromatic N) is 1. The molecule has 2 fully saturated rings. The van der Waals surface area contributed by atoms with E-state index in [1.807, 2.05) is 6.07 Å². The first-order valence-corrected chi connectivity index (χ1v) is 6.48. The molecule has 0 radical (unpaired) electrons. The lowest BCUT2D eigenvalue weighted by atomic mass is 10.1. The van der Waals surface area contributed by atoms with Gasteiger partial charge in [-0.15, -0.1) is 0 Å². The molecule has 2 aliphatic rings. The highest BCUT2D eigenvalue weighted by atomic mass is 16.8. The molecule has 8 nitrogen and oxygen atoms in total. The van der Waals surface area contributed by atoms with Gasteiger partial charge in [0, 0.05) is 13.8 Å². The SMILES string of the molecule is CC(=O)OC(C#N)[C@@H]1O[C@H]2OC(C)(C)O[C@H]2[C@@H]1OC(C)=O. The van der Waals surface area contributed by atoms with Gasteiger partial charge < -0.3 is 23.7 Å². The summed E-state index contributed by atoms with van der Waals surface area (Å²) in [4.78, 5) is 22.3. The van der Waals surface area contributed by atoms with E-state index in [1.165, 1.54) is 13.8 Å². The van der Waals surface area contributed by atoms with Crippen molar-refractivity contribution in [2.75, 3.05) is 0 Å². The van der Waals surface area contributed by atoms with E-state index in [0.29, 0.717) is 0 Å². The van der Waals surface area contributed by atoms with Crippen molar-refractivity contribution in [3.05, 3.63) is 0 Å². The first-order chi connectivity index (χ1) is 9.73. The van der Waals surface area contributed by atoms with Crippen LogP contribution in [0.3, 0.4) is 0 Å². The number of rotatable bonds is 3. The van der Waals surface area contributed by atoms with Gasteiger partial charge in [0.15, 0.2) is 30.4 Å². The van der Waals surface area contributed by atoms with Crippen LogP contribution in [0.2, 0.25) is 0 Å². The summed E-state index contributed by atoms with van der Waals surface area (Å²) >= 11 is 0. The largest absolute Gasteiger partial charge is 0.457 e. The van der Waals surface area contributed by atoms with Crippen molar-refractivity contribution >= 4 is 11.9 Å². The Balaban J connectivity index is 2.20. The first kappa shape index (κ1) is 15.7. The van der Waals surface area contributed by atoms with Gasteiger partial charge in [0.1, 0.15) is 6.07 Å². The molecule has 2 rings (SSSR count). The number of carbonyl (C=O) groups excluding carboxylic acids is 2. The smallest absolute Gasteiger partial charge is 0.304 e. The van der Waals surface area contributed by atoms with E-state index in [-0.39, 0.29) is 0 Å². The number of ether oxygens (including phenoxy) is 5. The van der Waals surface area contributed by atoms with E-state index in [1.54, 1.807) is 13.8 Å². The Morgan fingerprint density at radius 2 is 1.90 bits per heavy atom. The molecule has 1 unspecified atom stereocenters. The molecule has 0 N–H and O–H groups in total. The van der Waals surface area contributed by atoms with Gasteiger partial charge in [-0.3, -0.25) is 9.59 Å². The van der Waals surface area contributed by atoms with Crippen LogP contribution in [-0.2, 0) is 33.3 Å². The minimum atomic E-state index is -1.22. The van der Waals surface area contributed by atoms with Crippen LogP contribution in [0.5, 0.6) is 0 Å². The van der Waals surface area contributed by atoms with Gasteiger partial charge >= 0.3 is 11.9 Å². The third kappa shape index (κ3) is 3.32. The molecule has 0 saturated carbocycles. The maximum absolute atomic E-state index is 11.3. The van der Waals surface area contributed by atoms with Crippen molar-refractivity contribution in [1.29, 1.82) is 5.26 Å². The molecule has 21 heavy (non-hydrogen) atoms. The molecule has 2 saturated heterocycles. The molecule has 0 aromatic rings. The Bertz CT molecular complexity index is 483. The fourth-order valence-corrected chi connectivity index (χ4v) is 2.42. The summed E-state index contributed by atoms with van der Waals surface area (Å²) in [6.45, 7) is 5.81. The summed E-state index contributed by atoms with van der Waals surface area (Å²) in [6, 6.07) is 1.82. The number of nitriles is 1. The summed E-state index contributed by atoms with van der Waals surface area (Å²) < 4.78 is 26.8. The van der Waals surface area contributed by atoms with Crippen LogP contribution < -0.4 is 0 Å². The molecule has 0 aliphatic carbocycles. The van der Waals surface area contributed by atoms with Crippen LogP contribution in [0, 0.1) is 11.3 Å².